The fourth-order valence-electron chi connectivity index (χ4n) is 2.51. The van der Waals surface area contributed by atoms with Crippen molar-refractivity contribution < 1.29 is 18.7 Å². The Bertz CT molecular complexity index is 961. The molecule has 0 unspecified atom stereocenters. The average Bonchev–Trinajstić information content (AvgIpc) is 2.66. The monoisotopic (exact) mass is 353 g/mol. The highest BCUT2D eigenvalue weighted by Crippen LogP contribution is 2.11. The lowest BCUT2D eigenvalue weighted by Gasteiger charge is -2.16. The summed E-state index contributed by atoms with van der Waals surface area (Å²) in [6.45, 7) is 0. The van der Waals surface area contributed by atoms with Crippen molar-refractivity contribution in [2.45, 2.75) is 12.5 Å². The summed E-state index contributed by atoms with van der Waals surface area (Å²) in [6.07, 6.45) is 1.65. The van der Waals surface area contributed by atoms with Crippen LogP contribution in [0.5, 0.6) is 0 Å². The molecule has 1 atom stereocenters. The van der Waals surface area contributed by atoms with Gasteiger partial charge in [0.05, 0.1) is 23.8 Å². The number of para-hydroxylation sites is 2. The molecule has 1 aromatic heterocycles. The van der Waals surface area contributed by atoms with E-state index in [9.17, 15) is 14.0 Å². The van der Waals surface area contributed by atoms with Gasteiger partial charge in [0, 0.05) is 18.2 Å². The minimum Gasteiger partial charge on any atom is -0.467 e. The molecule has 6 nitrogen and oxygen atoms in total. The Balaban J connectivity index is 1.81. The van der Waals surface area contributed by atoms with Gasteiger partial charge in [0.2, 0.25) is 0 Å². The van der Waals surface area contributed by atoms with Crippen LogP contribution in [0.1, 0.15) is 16.1 Å². The van der Waals surface area contributed by atoms with E-state index in [4.69, 9.17) is 4.74 Å². The maximum atomic E-state index is 13.3. The number of aromatic nitrogens is 2. The van der Waals surface area contributed by atoms with Crippen molar-refractivity contribution in [1.82, 2.24) is 15.3 Å². The van der Waals surface area contributed by atoms with Gasteiger partial charge < -0.3 is 10.1 Å². The van der Waals surface area contributed by atoms with Crippen molar-refractivity contribution in [2.24, 2.45) is 0 Å². The maximum Gasteiger partial charge on any atom is 0.328 e. The van der Waals surface area contributed by atoms with E-state index >= 15 is 0 Å². The van der Waals surface area contributed by atoms with Crippen LogP contribution in [0, 0.1) is 5.82 Å². The molecular formula is C19H16FN3O3. The van der Waals surface area contributed by atoms with Gasteiger partial charge >= 0.3 is 5.97 Å². The summed E-state index contributed by atoms with van der Waals surface area (Å²) in [5.74, 6) is -1.73. The second kappa shape index (κ2) is 7.69. The molecule has 2 aromatic carbocycles. The van der Waals surface area contributed by atoms with Gasteiger partial charge in [0.15, 0.2) is 0 Å². The topological polar surface area (TPSA) is 81.2 Å². The Morgan fingerprint density at radius 3 is 2.65 bits per heavy atom. The summed E-state index contributed by atoms with van der Waals surface area (Å²) in [4.78, 5) is 33.1. The Kier molecular flexibility index (Phi) is 5.17. The summed E-state index contributed by atoms with van der Waals surface area (Å²) < 4.78 is 18.1. The molecule has 1 amide bonds. The number of benzene rings is 2. The summed E-state index contributed by atoms with van der Waals surface area (Å²) >= 11 is 0. The molecule has 7 heteroatoms. The Morgan fingerprint density at radius 2 is 1.92 bits per heavy atom. The number of fused-ring (bicyclic) bond motifs is 1. The normalized spacial score (nSPS) is 11.8. The summed E-state index contributed by atoms with van der Waals surface area (Å²) in [7, 11) is 1.23. The predicted octanol–water partition coefficient (Wildman–Crippen LogP) is 2.28. The molecule has 0 saturated heterocycles. The van der Waals surface area contributed by atoms with E-state index < -0.39 is 23.7 Å². The second-order valence-corrected chi connectivity index (χ2v) is 5.61. The number of nitrogens with one attached hydrogen (secondary N) is 1. The lowest BCUT2D eigenvalue weighted by Crippen LogP contribution is -2.43. The van der Waals surface area contributed by atoms with Crippen molar-refractivity contribution in [3.8, 4) is 0 Å². The molecule has 1 N–H and O–H groups in total. The highest BCUT2D eigenvalue weighted by Gasteiger charge is 2.23. The molecule has 0 fully saturated rings. The van der Waals surface area contributed by atoms with Crippen LogP contribution in [0.3, 0.4) is 0 Å². The predicted molar refractivity (Wildman–Crippen MR) is 92.9 cm³/mol. The molecule has 132 valence electrons. The number of ether oxygens (including phenoxy) is 1. The first-order valence-corrected chi connectivity index (χ1v) is 7.92. The summed E-state index contributed by atoms with van der Waals surface area (Å²) in [5, 5.41) is 2.56. The van der Waals surface area contributed by atoms with Crippen LogP contribution in [0.2, 0.25) is 0 Å². The van der Waals surface area contributed by atoms with Gasteiger partial charge in [-0.1, -0.05) is 18.2 Å². The first-order valence-electron chi connectivity index (χ1n) is 7.92. The SMILES string of the molecule is COC(=O)[C@H](Cc1cnc2ccccc2n1)NC(=O)c1cccc(F)c1. The van der Waals surface area contributed by atoms with Crippen molar-refractivity contribution >= 4 is 22.9 Å². The fourth-order valence-corrected chi connectivity index (χ4v) is 2.51. The molecule has 0 spiro atoms. The Labute approximate surface area is 149 Å². The Morgan fingerprint density at radius 1 is 1.15 bits per heavy atom. The van der Waals surface area contributed by atoms with E-state index in [1.165, 1.54) is 25.3 Å². The van der Waals surface area contributed by atoms with E-state index in [1.54, 1.807) is 6.20 Å². The van der Waals surface area contributed by atoms with E-state index in [-0.39, 0.29) is 12.0 Å². The molecule has 3 rings (SSSR count). The second-order valence-electron chi connectivity index (χ2n) is 5.61. The molecule has 0 aliphatic rings. The zero-order valence-electron chi connectivity index (χ0n) is 14.0. The molecule has 0 aliphatic carbocycles. The van der Waals surface area contributed by atoms with E-state index in [0.29, 0.717) is 11.2 Å². The molecule has 0 bridgehead atoms. The van der Waals surface area contributed by atoms with Gasteiger partial charge in [-0.25, -0.2) is 14.2 Å². The molecule has 1 heterocycles. The molecular weight excluding hydrogens is 337 g/mol. The number of amides is 1. The van der Waals surface area contributed by atoms with Gasteiger partial charge in [0.25, 0.3) is 5.91 Å². The smallest absolute Gasteiger partial charge is 0.328 e. The number of carbonyl (C=O) groups is 2. The van der Waals surface area contributed by atoms with E-state index in [1.807, 2.05) is 24.3 Å². The van der Waals surface area contributed by atoms with Crippen LogP contribution in [-0.4, -0.2) is 35.0 Å². The minimum atomic E-state index is -0.966. The van der Waals surface area contributed by atoms with Crippen LogP contribution in [0.15, 0.2) is 54.7 Å². The number of rotatable bonds is 5. The van der Waals surface area contributed by atoms with Gasteiger partial charge in [-0.2, -0.15) is 0 Å². The van der Waals surface area contributed by atoms with Crippen LogP contribution in [0.25, 0.3) is 11.0 Å². The quantitative estimate of drug-likeness (QED) is 0.712. The van der Waals surface area contributed by atoms with E-state index in [2.05, 4.69) is 15.3 Å². The molecule has 26 heavy (non-hydrogen) atoms. The van der Waals surface area contributed by atoms with Crippen LogP contribution >= 0.6 is 0 Å². The number of methoxy groups -OCH3 is 1. The first kappa shape index (κ1) is 17.5. The van der Waals surface area contributed by atoms with Gasteiger partial charge in [0.1, 0.15) is 11.9 Å². The van der Waals surface area contributed by atoms with Crippen molar-refractivity contribution in [2.75, 3.05) is 7.11 Å². The molecule has 0 radical (unpaired) electrons. The number of hydrogen-bond donors (Lipinski definition) is 1. The fraction of sp³-hybridized carbons (Fsp3) is 0.158. The van der Waals surface area contributed by atoms with Crippen molar-refractivity contribution in [1.29, 1.82) is 0 Å². The molecule has 3 aromatic rings. The van der Waals surface area contributed by atoms with Crippen molar-refractivity contribution in [3.05, 3.63) is 71.8 Å². The highest BCUT2D eigenvalue weighted by molar-refractivity contribution is 5.96. The molecule has 0 saturated carbocycles. The summed E-state index contributed by atoms with van der Waals surface area (Å²) in [6, 6.07) is 11.6. The van der Waals surface area contributed by atoms with Crippen LogP contribution in [0.4, 0.5) is 4.39 Å². The molecule has 0 aliphatic heterocycles. The van der Waals surface area contributed by atoms with Crippen LogP contribution in [-0.2, 0) is 16.0 Å². The third kappa shape index (κ3) is 4.00. The largest absolute Gasteiger partial charge is 0.467 e. The van der Waals surface area contributed by atoms with Crippen molar-refractivity contribution in [3.63, 3.8) is 0 Å². The van der Waals surface area contributed by atoms with E-state index in [0.717, 1.165) is 11.6 Å². The van der Waals surface area contributed by atoms with Gasteiger partial charge in [-0.05, 0) is 30.3 Å². The van der Waals surface area contributed by atoms with Gasteiger partial charge in [-0.15, -0.1) is 0 Å². The lowest BCUT2D eigenvalue weighted by atomic mass is 10.1. The van der Waals surface area contributed by atoms with Crippen LogP contribution < -0.4 is 5.32 Å². The highest BCUT2D eigenvalue weighted by atomic mass is 19.1. The zero-order chi connectivity index (χ0) is 18.5. The number of halogens is 1. The third-order valence-corrected chi connectivity index (χ3v) is 3.79. The number of carbonyl (C=O) groups excluding carboxylic acids is 2. The standard InChI is InChI=1S/C19H16FN3O3/c1-26-19(25)17(23-18(24)12-5-4-6-13(20)9-12)10-14-11-21-15-7-2-3-8-16(15)22-14/h2-9,11,17H,10H2,1H3,(H,23,24)/t17-/m0/s1. The average molecular weight is 353 g/mol. The number of nitrogens with zero attached hydrogens (tertiary/aromatic N) is 2. The zero-order valence-corrected chi connectivity index (χ0v) is 14.0. The summed E-state index contributed by atoms with van der Waals surface area (Å²) in [5.41, 5.74) is 2.06. The number of hydrogen-bond acceptors (Lipinski definition) is 5. The first-order chi connectivity index (χ1) is 12.6. The number of esters is 1. The maximum absolute atomic E-state index is 13.3. The lowest BCUT2D eigenvalue weighted by molar-refractivity contribution is -0.142. The van der Waals surface area contributed by atoms with Gasteiger partial charge in [-0.3, -0.25) is 9.78 Å². The minimum absolute atomic E-state index is 0.103. The third-order valence-electron chi connectivity index (χ3n) is 3.79. The Hall–Kier alpha value is -3.35.